The van der Waals surface area contributed by atoms with E-state index in [1.807, 2.05) is 60.7 Å². The summed E-state index contributed by atoms with van der Waals surface area (Å²) in [7, 11) is -4.18. The Morgan fingerprint density at radius 1 is 0.826 bits per heavy atom. The van der Waals surface area contributed by atoms with E-state index in [2.05, 4.69) is 4.98 Å². The van der Waals surface area contributed by atoms with E-state index in [-0.39, 0.29) is 29.6 Å². The number of hydrogen-bond acceptors (Lipinski definition) is 5. The van der Waals surface area contributed by atoms with Gasteiger partial charge in [0.15, 0.2) is 5.03 Å². The van der Waals surface area contributed by atoms with Crippen LogP contribution in [0.25, 0.3) is 0 Å². The van der Waals surface area contributed by atoms with Crippen molar-refractivity contribution in [2.24, 2.45) is 0 Å². The van der Waals surface area contributed by atoms with Gasteiger partial charge in [-0.3, -0.25) is 9.80 Å². The molecule has 12 heteroatoms. The summed E-state index contributed by atoms with van der Waals surface area (Å²) in [6.07, 6.45) is -2.10. The molecule has 0 radical (unpaired) electrons. The Hall–Kier alpha value is -4.73. The molecule has 236 valence electrons. The predicted octanol–water partition coefficient (Wildman–Crippen LogP) is 7.12. The minimum absolute atomic E-state index is 0.0244. The minimum Gasteiger partial charge on any atom is -0.289 e. The smallest absolute Gasteiger partial charge is 0.289 e. The highest BCUT2D eigenvalue weighted by molar-refractivity contribution is 7.89. The summed E-state index contributed by atoms with van der Waals surface area (Å²) in [4.78, 5) is 21.3. The highest BCUT2D eigenvalue weighted by Crippen LogP contribution is 2.42. The number of nitriles is 1. The maximum Gasteiger partial charge on any atom is 0.417 e. The van der Waals surface area contributed by atoms with Crippen molar-refractivity contribution in [3.05, 3.63) is 119 Å². The second-order valence-electron chi connectivity index (χ2n) is 11.4. The second-order valence-corrected chi connectivity index (χ2v) is 13.2. The van der Waals surface area contributed by atoms with Gasteiger partial charge in [-0.25, -0.2) is 18.2 Å². The molecule has 1 aromatic heterocycles. The van der Waals surface area contributed by atoms with Crippen molar-refractivity contribution >= 4 is 27.6 Å². The SMILES string of the molecule is N#Cc1ccc(N2C(=O)N(c3cccc(S(=O)(=O)N(Cc4ccccc4)Cc4ccccc4)n3)[C@@H]3CCCC[C@H]32)cc1C(F)(F)F. The van der Waals surface area contributed by atoms with E-state index < -0.39 is 45.4 Å². The largest absolute Gasteiger partial charge is 0.417 e. The first-order valence-corrected chi connectivity index (χ1v) is 16.3. The third-order valence-electron chi connectivity index (χ3n) is 8.44. The topological polar surface area (TPSA) is 97.6 Å². The summed E-state index contributed by atoms with van der Waals surface area (Å²) >= 11 is 0. The molecule has 3 aromatic carbocycles. The summed E-state index contributed by atoms with van der Waals surface area (Å²) in [5.74, 6) is 0.106. The zero-order valence-electron chi connectivity index (χ0n) is 24.6. The summed E-state index contributed by atoms with van der Waals surface area (Å²) < 4.78 is 71.2. The molecule has 4 aromatic rings. The van der Waals surface area contributed by atoms with Crippen LogP contribution in [-0.2, 0) is 29.3 Å². The van der Waals surface area contributed by atoms with Crippen LogP contribution in [0.2, 0.25) is 0 Å². The summed E-state index contributed by atoms with van der Waals surface area (Å²) in [6, 6.07) is 26.2. The van der Waals surface area contributed by atoms with Gasteiger partial charge >= 0.3 is 12.2 Å². The molecular weight excluding hydrogens is 615 g/mol. The molecule has 0 N–H and O–H groups in total. The molecule has 2 aliphatic rings. The molecule has 1 saturated heterocycles. The van der Waals surface area contributed by atoms with Gasteiger partial charge in [0.05, 0.1) is 29.3 Å². The Labute approximate surface area is 265 Å². The molecule has 8 nitrogen and oxygen atoms in total. The summed E-state index contributed by atoms with van der Waals surface area (Å²) in [6.45, 7) is 0.177. The number of nitrogens with zero attached hydrogens (tertiary/aromatic N) is 5. The van der Waals surface area contributed by atoms with E-state index in [0.29, 0.717) is 12.8 Å². The number of fused-ring (bicyclic) bond motifs is 1. The predicted molar refractivity (Wildman–Crippen MR) is 166 cm³/mol. The molecule has 6 rings (SSSR count). The first kappa shape index (κ1) is 31.3. The number of rotatable bonds is 8. The average Bonchev–Trinajstić information content (AvgIpc) is 3.36. The van der Waals surface area contributed by atoms with Gasteiger partial charge in [0, 0.05) is 18.8 Å². The number of amides is 2. The highest BCUT2D eigenvalue weighted by atomic mass is 32.2. The molecule has 1 saturated carbocycles. The maximum atomic E-state index is 14.2. The molecule has 0 spiro atoms. The van der Waals surface area contributed by atoms with Crippen LogP contribution >= 0.6 is 0 Å². The van der Waals surface area contributed by atoms with Gasteiger partial charge in [-0.2, -0.15) is 22.7 Å². The van der Waals surface area contributed by atoms with E-state index >= 15 is 0 Å². The monoisotopic (exact) mass is 645 g/mol. The first-order valence-electron chi connectivity index (χ1n) is 14.9. The van der Waals surface area contributed by atoms with Crippen LogP contribution in [0.5, 0.6) is 0 Å². The maximum absolute atomic E-state index is 14.2. The molecule has 0 unspecified atom stereocenters. The Bertz CT molecular complexity index is 1840. The summed E-state index contributed by atoms with van der Waals surface area (Å²) in [5.41, 5.74) is -0.0517. The van der Waals surface area contributed by atoms with Crippen molar-refractivity contribution < 1.29 is 26.4 Å². The Balaban J connectivity index is 1.37. The van der Waals surface area contributed by atoms with Gasteiger partial charge in [-0.1, -0.05) is 79.6 Å². The molecular formula is C34H30F3N5O3S. The van der Waals surface area contributed by atoms with Crippen molar-refractivity contribution in [2.45, 2.75) is 62.1 Å². The molecule has 0 bridgehead atoms. The van der Waals surface area contributed by atoms with Gasteiger partial charge in [0.2, 0.25) is 0 Å². The quantitative estimate of drug-likeness (QED) is 0.203. The lowest BCUT2D eigenvalue weighted by Gasteiger charge is -2.31. The van der Waals surface area contributed by atoms with E-state index in [0.717, 1.165) is 36.1 Å². The van der Waals surface area contributed by atoms with E-state index in [9.17, 15) is 31.6 Å². The number of carbonyl (C=O) groups is 1. The number of urea groups is 1. The van der Waals surface area contributed by atoms with E-state index in [1.54, 1.807) is 12.1 Å². The molecule has 2 amide bonds. The Kier molecular flexibility index (Phi) is 8.55. The number of pyridine rings is 1. The third-order valence-corrected chi connectivity index (χ3v) is 10.1. The number of benzene rings is 3. The molecule has 2 fully saturated rings. The number of alkyl halides is 3. The van der Waals surface area contributed by atoms with Gasteiger partial charge in [-0.15, -0.1) is 0 Å². The Morgan fingerprint density at radius 3 is 1.98 bits per heavy atom. The van der Waals surface area contributed by atoms with Crippen LogP contribution in [0.15, 0.2) is 102 Å². The molecule has 1 aliphatic carbocycles. The van der Waals surface area contributed by atoms with Crippen LogP contribution < -0.4 is 9.80 Å². The van der Waals surface area contributed by atoms with Gasteiger partial charge in [-0.05, 0) is 54.3 Å². The summed E-state index contributed by atoms with van der Waals surface area (Å²) in [5, 5.41) is 9.02. The van der Waals surface area contributed by atoms with Crippen molar-refractivity contribution in [2.75, 3.05) is 9.80 Å². The molecule has 1 aliphatic heterocycles. The van der Waals surface area contributed by atoms with Crippen molar-refractivity contribution in [3.63, 3.8) is 0 Å². The van der Waals surface area contributed by atoms with Crippen LogP contribution in [0.4, 0.5) is 29.5 Å². The van der Waals surface area contributed by atoms with Crippen molar-refractivity contribution in [3.8, 4) is 6.07 Å². The van der Waals surface area contributed by atoms with Crippen molar-refractivity contribution in [1.82, 2.24) is 9.29 Å². The zero-order valence-corrected chi connectivity index (χ0v) is 25.5. The van der Waals surface area contributed by atoms with Gasteiger partial charge in [0.25, 0.3) is 10.0 Å². The zero-order chi connectivity index (χ0) is 32.5. The van der Waals surface area contributed by atoms with E-state index in [4.69, 9.17) is 0 Å². The van der Waals surface area contributed by atoms with Crippen LogP contribution in [0.1, 0.15) is 47.9 Å². The fraction of sp³-hybridized carbons (Fsp3) is 0.265. The van der Waals surface area contributed by atoms with E-state index in [1.165, 1.54) is 32.3 Å². The van der Waals surface area contributed by atoms with Gasteiger partial charge < -0.3 is 0 Å². The fourth-order valence-electron chi connectivity index (χ4n) is 6.29. The lowest BCUT2D eigenvalue weighted by molar-refractivity contribution is -0.137. The highest BCUT2D eigenvalue weighted by Gasteiger charge is 2.49. The molecule has 2 atom stereocenters. The number of sulfonamides is 1. The second kappa shape index (κ2) is 12.6. The number of anilines is 2. The third kappa shape index (κ3) is 6.08. The lowest BCUT2D eigenvalue weighted by atomic mass is 9.90. The number of carbonyl (C=O) groups excluding carboxylic acids is 1. The van der Waals surface area contributed by atoms with Gasteiger partial charge in [0.1, 0.15) is 5.82 Å². The number of aromatic nitrogens is 1. The normalized spacial score (nSPS) is 18.5. The Morgan fingerprint density at radius 2 is 1.41 bits per heavy atom. The van der Waals surface area contributed by atoms with Crippen LogP contribution in [0.3, 0.4) is 0 Å². The molecule has 2 heterocycles. The number of halogens is 3. The minimum atomic E-state index is -4.79. The molecule has 46 heavy (non-hydrogen) atoms. The van der Waals surface area contributed by atoms with Crippen molar-refractivity contribution in [1.29, 1.82) is 5.26 Å². The standard InChI is InChI=1S/C34H30F3N5O3S/c35-34(36,37)28-20-27(19-18-26(28)21-38)41-29-14-7-8-15-30(29)42(33(41)43)31-16-9-17-32(39-31)46(44,45)40(22-24-10-3-1-4-11-24)23-25-12-5-2-6-13-25/h1-6,9-13,16-20,29-30H,7-8,14-15,22-23H2/t29-,30-/m1/s1. The van der Waals surface area contributed by atoms with Crippen LogP contribution in [-0.4, -0.2) is 35.8 Å². The number of hydrogen-bond donors (Lipinski definition) is 0. The average molecular weight is 646 g/mol. The first-order chi connectivity index (χ1) is 22.1. The fourth-order valence-corrected chi connectivity index (χ4v) is 7.65. The lowest BCUT2D eigenvalue weighted by Crippen LogP contribution is -2.40. The van der Waals surface area contributed by atoms with Crippen LogP contribution in [0, 0.1) is 11.3 Å².